The molecule has 0 fully saturated rings. The summed E-state index contributed by atoms with van der Waals surface area (Å²) in [4.78, 5) is 0. The molecular weight excluding hydrogens is 401 g/mol. The molecule has 5 heteroatoms. The Labute approximate surface area is 143 Å². The molecule has 0 aliphatic rings. The molecule has 112 valence electrons. The van der Waals surface area contributed by atoms with Crippen LogP contribution in [0.1, 0.15) is 5.56 Å². The molecule has 0 saturated carbocycles. The summed E-state index contributed by atoms with van der Waals surface area (Å²) < 4.78 is 6.64. The van der Waals surface area contributed by atoms with Gasteiger partial charge in [-0.05, 0) is 59.3 Å². The third-order valence-electron chi connectivity index (χ3n) is 2.98. The Balaban J connectivity index is 1.82. The first-order chi connectivity index (χ1) is 10.1. The van der Waals surface area contributed by atoms with Gasteiger partial charge in [0, 0.05) is 20.8 Å². The molecule has 2 aromatic rings. The van der Waals surface area contributed by atoms with Gasteiger partial charge in [0.15, 0.2) is 0 Å². The van der Waals surface area contributed by atoms with Gasteiger partial charge in [0.1, 0.15) is 18.5 Å². The minimum Gasteiger partial charge on any atom is -0.491 e. The number of hydrogen-bond donors (Lipinski definition) is 2. The number of ether oxygens (including phenoxy) is 1. The van der Waals surface area contributed by atoms with E-state index < -0.39 is 6.10 Å². The van der Waals surface area contributed by atoms with E-state index in [4.69, 9.17) is 16.3 Å². The molecule has 0 saturated heterocycles. The molecule has 2 N–H and O–H groups in total. The topological polar surface area (TPSA) is 41.5 Å². The van der Waals surface area contributed by atoms with Crippen molar-refractivity contribution in [2.75, 3.05) is 18.5 Å². The molecule has 2 aromatic carbocycles. The lowest BCUT2D eigenvalue weighted by Gasteiger charge is -2.16. The summed E-state index contributed by atoms with van der Waals surface area (Å²) in [6.45, 7) is 2.65. The second-order valence-corrected chi connectivity index (χ2v) is 6.33. The van der Waals surface area contributed by atoms with Crippen LogP contribution in [0.5, 0.6) is 5.75 Å². The van der Waals surface area contributed by atoms with Crippen molar-refractivity contribution in [1.82, 2.24) is 0 Å². The molecule has 3 nitrogen and oxygen atoms in total. The molecule has 0 radical (unpaired) electrons. The first kappa shape index (κ1) is 16.4. The number of hydrogen-bond acceptors (Lipinski definition) is 3. The lowest BCUT2D eigenvalue weighted by Crippen LogP contribution is -2.26. The Morgan fingerprint density at radius 2 is 2.05 bits per heavy atom. The van der Waals surface area contributed by atoms with E-state index in [2.05, 4.69) is 27.9 Å². The predicted molar refractivity (Wildman–Crippen MR) is 95.3 cm³/mol. The molecule has 0 heterocycles. The van der Waals surface area contributed by atoms with Crippen LogP contribution < -0.4 is 10.1 Å². The van der Waals surface area contributed by atoms with E-state index in [1.165, 1.54) is 0 Å². The van der Waals surface area contributed by atoms with Crippen LogP contribution in [0.15, 0.2) is 42.5 Å². The van der Waals surface area contributed by atoms with Gasteiger partial charge >= 0.3 is 0 Å². The minimum absolute atomic E-state index is 0.252. The standard InChI is InChI=1S/C16H17ClINO2/c1-11-4-2-3-5-16(11)21-10-13(20)9-19-15-7-6-12(17)8-14(15)18/h2-8,13,19-20H,9-10H2,1H3. The third-order valence-corrected chi connectivity index (χ3v) is 4.11. The number of halogens is 2. The van der Waals surface area contributed by atoms with Gasteiger partial charge in [0.05, 0.1) is 0 Å². The fourth-order valence-corrected chi connectivity index (χ4v) is 2.89. The van der Waals surface area contributed by atoms with E-state index in [1.54, 1.807) is 0 Å². The van der Waals surface area contributed by atoms with Crippen molar-refractivity contribution >= 4 is 39.9 Å². The Morgan fingerprint density at radius 1 is 1.29 bits per heavy atom. The van der Waals surface area contributed by atoms with Gasteiger partial charge < -0.3 is 15.2 Å². The molecule has 0 bridgehead atoms. The van der Waals surface area contributed by atoms with Crippen LogP contribution in [0.25, 0.3) is 0 Å². The number of benzene rings is 2. The molecule has 0 spiro atoms. The van der Waals surface area contributed by atoms with Gasteiger partial charge in [-0.25, -0.2) is 0 Å². The highest BCUT2D eigenvalue weighted by Crippen LogP contribution is 2.22. The molecule has 0 amide bonds. The average Bonchev–Trinajstić information content (AvgIpc) is 2.45. The van der Waals surface area contributed by atoms with E-state index in [9.17, 15) is 5.11 Å². The van der Waals surface area contributed by atoms with Crippen LogP contribution in [0.2, 0.25) is 5.02 Å². The van der Waals surface area contributed by atoms with Gasteiger partial charge in [-0.2, -0.15) is 0 Å². The lowest BCUT2D eigenvalue weighted by atomic mass is 10.2. The van der Waals surface area contributed by atoms with E-state index >= 15 is 0 Å². The summed E-state index contributed by atoms with van der Waals surface area (Å²) in [5.74, 6) is 0.803. The van der Waals surface area contributed by atoms with Crippen LogP contribution in [0.3, 0.4) is 0 Å². The second kappa shape index (κ2) is 7.87. The summed E-state index contributed by atoms with van der Waals surface area (Å²) in [5, 5.41) is 13.9. The molecule has 0 aliphatic carbocycles. The van der Waals surface area contributed by atoms with E-state index in [0.29, 0.717) is 11.6 Å². The van der Waals surface area contributed by atoms with E-state index in [1.807, 2.05) is 49.4 Å². The number of rotatable bonds is 6. The van der Waals surface area contributed by atoms with Crippen molar-refractivity contribution in [3.05, 3.63) is 56.6 Å². The summed E-state index contributed by atoms with van der Waals surface area (Å²) in [6, 6.07) is 13.4. The van der Waals surface area contributed by atoms with Crippen LogP contribution in [0.4, 0.5) is 5.69 Å². The maximum atomic E-state index is 9.99. The van der Waals surface area contributed by atoms with E-state index in [0.717, 1.165) is 20.6 Å². The van der Waals surface area contributed by atoms with Crippen molar-refractivity contribution in [3.8, 4) is 5.75 Å². The highest BCUT2D eigenvalue weighted by atomic mass is 127. The minimum atomic E-state index is -0.587. The number of nitrogens with one attached hydrogen (secondary N) is 1. The Bertz CT molecular complexity index is 607. The number of para-hydroxylation sites is 1. The summed E-state index contributed by atoms with van der Waals surface area (Å²) in [5.41, 5.74) is 2.01. The Morgan fingerprint density at radius 3 is 2.76 bits per heavy atom. The fraction of sp³-hybridized carbons (Fsp3) is 0.250. The maximum Gasteiger partial charge on any atom is 0.122 e. The predicted octanol–water partition coefficient (Wildman–Crippen LogP) is 4.10. The lowest BCUT2D eigenvalue weighted by molar-refractivity contribution is 0.117. The first-order valence-electron chi connectivity index (χ1n) is 6.61. The molecule has 0 aromatic heterocycles. The first-order valence-corrected chi connectivity index (χ1v) is 8.07. The zero-order chi connectivity index (χ0) is 15.2. The zero-order valence-corrected chi connectivity index (χ0v) is 14.6. The molecule has 1 unspecified atom stereocenters. The summed E-state index contributed by atoms with van der Waals surface area (Å²) in [6.07, 6.45) is -0.587. The van der Waals surface area contributed by atoms with Crippen LogP contribution in [0, 0.1) is 10.5 Å². The van der Waals surface area contributed by atoms with Crippen molar-refractivity contribution in [1.29, 1.82) is 0 Å². The molecule has 2 rings (SSSR count). The van der Waals surface area contributed by atoms with Crippen molar-refractivity contribution in [2.45, 2.75) is 13.0 Å². The fourth-order valence-electron chi connectivity index (χ4n) is 1.82. The van der Waals surface area contributed by atoms with Crippen LogP contribution >= 0.6 is 34.2 Å². The number of aliphatic hydroxyl groups excluding tert-OH is 1. The highest BCUT2D eigenvalue weighted by Gasteiger charge is 2.08. The SMILES string of the molecule is Cc1ccccc1OCC(O)CNc1ccc(Cl)cc1I. The number of aliphatic hydroxyl groups is 1. The second-order valence-electron chi connectivity index (χ2n) is 4.74. The van der Waals surface area contributed by atoms with Crippen molar-refractivity contribution in [2.24, 2.45) is 0 Å². The molecular formula is C16H17ClINO2. The van der Waals surface area contributed by atoms with Gasteiger partial charge in [0.2, 0.25) is 0 Å². The number of anilines is 1. The average molecular weight is 418 g/mol. The van der Waals surface area contributed by atoms with Gasteiger partial charge in [-0.3, -0.25) is 0 Å². The van der Waals surface area contributed by atoms with Gasteiger partial charge in [-0.15, -0.1) is 0 Å². The highest BCUT2D eigenvalue weighted by molar-refractivity contribution is 14.1. The normalized spacial score (nSPS) is 12.0. The molecule has 1 atom stereocenters. The molecule has 21 heavy (non-hydrogen) atoms. The zero-order valence-electron chi connectivity index (χ0n) is 11.6. The monoisotopic (exact) mass is 417 g/mol. The summed E-state index contributed by atoms with van der Waals surface area (Å²) in [7, 11) is 0. The van der Waals surface area contributed by atoms with E-state index in [-0.39, 0.29) is 6.61 Å². The molecule has 0 aliphatic heterocycles. The van der Waals surface area contributed by atoms with Crippen LogP contribution in [-0.4, -0.2) is 24.4 Å². The quantitative estimate of drug-likeness (QED) is 0.695. The van der Waals surface area contributed by atoms with Crippen molar-refractivity contribution < 1.29 is 9.84 Å². The van der Waals surface area contributed by atoms with Crippen molar-refractivity contribution in [3.63, 3.8) is 0 Å². The largest absolute Gasteiger partial charge is 0.491 e. The number of aryl methyl sites for hydroxylation is 1. The Hall–Kier alpha value is -0.980. The maximum absolute atomic E-state index is 9.99. The Kier molecular flexibility index (Phi) is 6.14. The van der Waals surface area contributed by atoms with Gasteiger partial charge in [0.25, 0.3) is 0 Å². The third kappa shape index (κ3) is 5.05. The smallest absolute Gasteiger partial charge is 0.122 e. The van der Waals surface area contributed by atoms with Gasteiger partial charge in [-0.1, -0.05) is 29.8 Å². The van der Waals surface area contributed by atoms with Crippen LogP contribution in [-0.2, 0) is 0 Å². The summed E-state index contributed by atoms with van der Waals surface area (Å²) >= 11 is 8.12.